The Morgan fingerprint density at radius 1 is 1.05 bits per heavy atom. The van der Waals surface area contributed by atoms with Gasteiger partial charge in [0.2, 0.25) is 0 Å². The first-order chi connectivity index (χ1) is 9.72. The van der Waals surface area contributed by atoms with Gasteiger partial charge in [0.15, 0.2) is 17.5 Å². The van der Waals surface area contributed by atoms with Crippen LogP contribution in [0.3, 0.4) is 0 Å². The van der Waals surface area contributed by atoms with Gasteiger partial charge in [-0.3, -0.25) is 4.72 Å². The van der Waals surface area contributed by atoms with Crippen molar-refractivity contribution >= 4 is 21.4 Å². The standard InChI is InChI=1S/C13H11F3N2O2S/c1-7-2-3-8(17)6-11(7)21(19,20)18-10-5-4-9(14)12(15)13(10)16/h2-6,18H,17H2,1H3. The highest BCUT2D eigenvalue weighted by molar-refractivity contribution is 7.92. The van der Waals surface area contributed by atoms with Crippen LogP contribution in [-0.4, -0.2) is 8.42 Å². The molecule has 0 aromatic heterocycles. The van der Waals surface area contributed by atoms with Gasteiger partial charge in [0.05, 0.1) is 10.6 Å². The lowest BCUT2D eigenvalue weighted by molar-refractivity contribution is 0.449. The number of aryl methyl sites for hydroxylation is 1. The Morgan fingerprint density at radius 3 is 2.38 bits per heavy atom. The molecule has 0 atom stereocenters. The highest BCUT2D eigenvalue weighted by Crippen LogP contribution is 2.25. The first-order valence-electron chi connectivity index (χ1n) is 5.75. The van der Waals surface area contributed by atoms with Crippen molar-refractivity contribution in [2.24, 2.45) is 0 Å². The number of hydrogen-bond acceptors (Lipinski definition) is 3. The molecule has 2 rings (SSSR count). The smallest absolute Gasteiger partial charge is 0.262 e. The summed E-state index contributed by atoms with van der Waals surface area (Å²) in [7, 11) is -4.18. The van der Waals surface area contributed by atoms with E-state index in [2.05, 4.69) is 0 Å². The van der Waals surface area contributed by atoms with Crippen LogP contribution in [0.4, 0.5) is 24.5 Å². The topological polar surface area (TPSA) is 72.2 Å². The van der Waals surface area contributed by atoms with Gasteiger partial charge in [-0.05, 0) is 36.8 Å². The van der Waals surface area contributed by atoms with Gasteiger partial charge in [-0.15, -0.1) is 0 Å². The van der Waals surface area contributed by atoms with Crippen LogP contribution in [0.5, 0.6) is 0 Å². The molecule has 0 fully saturated rings. The largest absolute Gasteiger partial charge is 0.399 e. The predicted octanol–water partition coefficient (Wildman–Crippen LogP) is 2.80. The summed E-state index contributed by atoms with van der Waals surface area (Å²) in [5.41, 5.74) is 5.41. The molecular formula is C13H11F3N2O2S. The van der Waals surface area contributed by atoms with E-state index < -0.39 is 33.2 Å². The van der Waals surface area contributed by atoms with Crippen LogP contribution in [0.1, 0.15) is 5.56 Å². The number of nitrogen functional groups attached to an aromatic ring is 1. The number of sulfonamides is 1. The Morgan fingerprint density at radius 2 is 1.71 bits per heavy atom. The van der Waals surface area contributed by atoms with Gasteiger partial charge >= 0.3 is 0 Å². The molecule has 0 aliphatic rings. The van der Waals surface area contributed by atoms with E-state index in [4.69, 9.17) is 5.73 Å². The number of benzene rings is 2. The molecule has 2 aromatic carbocycles. The van der Waals surface area contributed by atoms with E-state index in [0.717, 1.165) is 6.07 Å². The summed E-state index contributed by atoms with van der Waals surface area (Å²) in [6.45, 7) is 1.52. The summed E-state index contributed by atoms with van der Waals surface area (Å²) < 4.78 is 65.7. The summed E-state index contributed by atoms with van der Waals surface area (Å²) in [4.78, 5) is -0.174. The molecule has 0 saturated carbocycles. The molecule has 21 heavy (non-hydrogen) atoms. The molecule has 112 valence electrons. The number of rotatable bonds is 3. The normalized spacial score (nSPS) is 11.4. The molecule has 0 saturated heterocycles. The van der Waals surface area contributed by atoms with Crippen LogP contribution in [-0.2, 0) is 10.0 Å². The fourth-order valence-corrected chi connectivity index (χ4v) is 3.05. The van der Waals surface area contributed by atoms with Gasteiger partial charge in [0.25, 0.3) is 10.0 Å². The monoisotopic (exact) mass is 316 g/mol. The van der Waals surface area contributed by atoms with E-state index >= 15 is 0 Å². The van der Waals surface area contributed by atoms with Gasteiger partial charge in [-0.2, -0.15) is 0 Å². The van der Waals surface area contributed by atoms with Crippen LogP contribution in [0.2, 0.25) is 0 Å². The quantitative estimate of drug-likeness (QED) is 0.675. The SMILES string of the molecule is Cc1ccc(N)cc1S(=O)(=O)Nc1ccc(F)c(F)c1F. The second kappa shape index (κ2) is 5.28. The van der Waals surface area contributed by atoms with Crippen LogP contribution in [0.25, 0.3) is 0 Å². The third-order valence-corrected chi connectivity index (χ3v) is 4.29. The molecule has 2 aromatic rings. The van der Waals surface area contributed by atoms with Crippen molar-refractivity contribution in [3.8, 4) is 0 Å². The van der Waals surface area contributed by atoms with Crippen molar-refractivity contribution in [2.45, 2.75) is 11.8 Å². The molecular weight excluding hydrogens is 305 g/mol. The molecule has 0 radical (unpaired) electrons. The fraction of sp³-hybridized carbons (Fsp3) is 0.0769. The second-order valence-electron chi connectivity index (χ2n) is 4.35. The molecule has 3 N–H and O–H groups in total. The Labute approximate surface area is 119 Å². The minimum absolute atomic E-state index is 0.174. The predicted molar refractivity (Wildman–Crippen MR) is 72.7 cm³/mol. The Bertz CT molecular complexity index is 807. The van der Waals surface area contributed by atoms with E-state index in [1.807, 2.05) is 4.72 Å². The van der Waals surface area contributed by atoms with Crippen molar-refractivity contribution in [3.05, 3.63) is 53.3 Å². The lowest BCUT2D eigenvalue weighted by atomic mass is 10.2. The second-order valence-corrected chi connectivity index (χ2v) is 6.00. The first-order valence-corrected chi connectivity index (χ1v) is 7.23. The molecule has 0 spiro atoms. The molecule has 0 bridgehead atoms. The zero-order valence-electron chi connectivity index (χ0n) is 10.8. The first kappa shape index (κ1) is 15.2. The van der Waals surface area contributed by atoms with Crippen LogP contribution in [0, 0.1) is 24.4 Å². The molecule has 0 aliphatic carbocycles. The number of nitrogens with two attached hydrogens (primary N) is 1. The lowest BCUT2D eigenvalue weighted by Crippen LogP contribution is -2.16. The minimum Gasteiger partial charge on any atom is -0.399 e. The molecule has 0 aliphatic heterocycles. The molecule has 0 unspecified atom stereocenters. The van der Waals surface area contributed by atoms with Gasteiger partial charge in [-0.1, -0.05) is 6.07 Å². The third-order valence-electron chi connectivity index (χ3n) is 2.78. The zero-order chi connectivity index (χ0) is 15.8. The van der Waals surface area contributed by atoms with E-state index in [9.17, 15) is 21.6 Å². The molecule has 0 amide bonds. The maximum atomic E-state index is 13.5. The molecule has 4 nitrogen and oxygen atoms in total. The summed E-state index contributed by atoms with van der Waals surface area (Å²) >= 11 is 0. The Hall–Kier alpha value is -2.22. The van der Waals surface area contributed by atoms with E-state index in [1.54, 1.807) is 0 Å². The van der Waals surface area contributed by atoms with Crippen molar-refractivity contribution in [1.82, 2.24) is 0 Å². The van der Waals surface area contributed by atoms with Crippen LogP contribution < -0.4 is 10.5 Å². The van der Waals surface area contributed by atoms with Crippen LogP contribution in [0.15, 0.2) is 35.2 Å². The Balaban J connectivity index is 2.47. The zero-order valence-corrected chi connectivity index (χ0v) is 11.6. The highest BCUT2D eigenvalue weighted by atomic mass is 32.2. The van der Waals surface area contributed by atoms with E-state index in [-0.39, 0.29) is 10.6 Å². The van der Waals surface area contributed by atoms with Gasteiger partial charge in [0.1, 0.15) is 0 Å². The lowest BCUT2D eigenvalue weighted by Gasteiger charge is -2.12. The Kier molecular flexibility index (Phi) is 3.82. The fourth-order valence-electron chi connectivity index (χ4n) is 1.71. The van der Waals surface area contributed by atoms with Crippen molar-refractivity contribution in [2.75, 3.05) is 10.5 Å². The molecule has 0 heterocycles. The van der Waals surface area contributed by atoms with Gasteiger partial charge in [0, 0.05) is 5.69 Å². The van der Waals surface area contributed by atoms with Crippen molar-refractivity contribution in [1.29, 1.82) is 0 Å². The highest BCUT2D eigenvalue weighted by Gasteiger charge is 2.21. The average Bonchev–Trinajstić information content (AvgIpc) is 2.42. The number of hydrogen-bond donors (Lipinski definition) is 2. The average molecular weight is 316 g/mol. The van der Waals surface area contributed by atoms with Gasteiger partial charge < -0.3 is 5.73 Å². The van der Waals surface area contributed by atoms with Gasteiger partial charge in [-0.25, -0.2) is 21.6 Å². The van der Waals surface area contributed by atoms with Crippen molar-refractivity contribution < 1.29 is 21.6 Å². The number of halogens is 3. The maximum absolute atomic E-state index is 13.5. The van der Waals surface area contributed by atoms with E-state index in [1.165, 1.54) is 25.1 Å². The minimum atomic E-state index is -4.18. The molecule has 8 heteroatoms. The van der Waals surface area contributed by atoms with E-state index in [0.29, 0.717) is 11.6 Å². The summed E-state index contributed by atoms with van der Waals surface area (Å²) in [5, 5.41) is 0. The number of anilines is 2. The summed E-state index contributed by atoms with van der Waals surface area (Å²) in [6, 6.07) is 5.60. The van der Waals surface area contributed by atoms with Crippen molar-refractivity contribution in [3.63, 3.8) is 0 Å². The maximum Gasteiger partial charge on any atom is 0.262 e. The number of nitrogens with one attached hydrogen (secondary N) is 1. The summed E-state index contributed by atoms with van der Waals surface area (Å²) in [6.07, 6.45) is 0. The van der Waals surface area contributed by atoms with Crippen LogP contribution >= 0.6 is 0 Å². The third kappa shape index (κ3) is 2.94. The summed E-state index contributed by atoms with van der Waals surface area (Å²) in [5.74, 6) is -4.77.